The van der Waals surface area contributed by atoms with Gasteiger partial charge in [-0.05, 0) is 60.7 Å². The zero-order chi connectivity index (χ0) is 14.0. The molecule has 0 aliphatic carbocycles. The molecule has 0 radical (unpaired) electrons. The van der Waals surface area contributed by atoms with Gasteiger partial charge in [0.1, 0.15) is 0 Å². The Hall–Kier alpha value is -1.15. The number of hydrogen-bond acceptors (Lipinski definition) is 3. The van der Waals surface area contributed by atoms with Crippen LogP contribution in [0.4, 0.5) is 5.69 Å². The molecule has 1 amide bonds. The van der Waals surface area contributed by atoms with Crippen molar-refractivity contribution >= 4 is 40.2 Å². The van der Waals surface area contributed by atoms with E-state index in [0.717, 1.165) is 16.5 Å². The predicted molar refractivity (Wildman–Crippen MR) is 80.3 cm³/mol. The maximum absolute atomic E-state index is 12.1. The number of carbonyl (C=O) groups is 2. The maximum Gasteiger partial charge on any atom is 0.337 e. The lowest BCUT2D eigenvalue weighted by Gasteiger charge is -2.16. The third kappa shape index (κ3) is 3.24. The molecule has 1 saturated heterocycles. The molecule has 1 aromatic rings. The van der Waals surface area contributed by atoms with Gasteiger partial charge in [0.05, 0.1) is 17.2 Å². The first-order chi connectivity index (χ1) is 8.99. The highest BCUT2D eigenvalue weighted by atomic mass is 127. The van der Waals surface area contributed by atoms with Crippen molar-refractivity contribution in [1.82, 2.24) is 5.32 Å². The summed E-state index contributed by atoms with van der Waals surface area (Å²) in [6.07, 6.45) is 0.778. The summed E-state index contributed by atoms with van der Waals surface area (Å²) in [5.74, 6) is -1.27. The van der Waals surface area contributed by atoms with E-state index in [1.807, 2.05) is 29.5 Å². The molecule has 2 rings (SSSR count). The number of carboxylic acid groups (broad SMARTS) is 1. The van der Waals surface area contributed by atoms with Crippen molar-refractivity contribution in [2.75, 3.05) is 11.9 Å². The summed E-state index contributed by atoms with van der Waals surface area (Å²) in [5, 5.41) is 15.1. The molecule has 1 aromatic carbocycles. The number of anilines is 1. The first kappa shape index (κ1) is 14.3. The van der Waals surface area contributed by atoms with Gasteiger partial charge in [0.25, 0.3) is 0 Å². The lowest BCUT2D eigenvalue weighted by atomic mass is 10.0. The number of nitrogens with one attached hydrogen (secondary N) is 2. The molecule has 0 saturated carbocycles. The Balaban J connectivity index is 2.19. The summed E-state index contributed by atoms with van der Waals surface area (Å²) >= 11 is 2.04. The fourth-order valence-electron chi connectivity index (χ4n) is 2.24. The lowest BCUT2D eigenvalue weighted by molar-refractivity contribution is -0.120. The van der Waals surface area contributed by atoms with Crippen molar-refractivity contribution in [3.05, 3.63) is 27.3 Å². The quantitative estimate of drug-likeness (QED) is 0.707. The molecule has 3 N–H and O–H groups in total. The molecule has 6 heteroatoms. The largest absolute Gasteiger partial charge is 0.478 e. The second kappa shape index (κ2) is 5.87. The standard InChI is InChI=1S/C13H15IN2O3/c1-7-9(4-5-15-7)12(17)16-11-3-2-8(14)6-10(11)13(18)19/h2-3,6-7,9,15H,4-5H2,1H3,(H,16,17)(H,18,19). The number of rotatable bonds is 3. The van der Waals surface area contributed by atoms with E-state index >= 15 is 0 Å². The normalized spacial score (nSPS) is 22.2. The van der Waals surface area contributed by atoms with Crippen molar-refractivity contribution in [3.8, 4) is 0 Å². The van der Waals surface area contributed by atoms with E-state index in [1.165, 1.54) is 0 Å². The fourth-order valence-corrected chi connectivity index (χ4v) is 2.74. The van der Waals surface area contributed by atoms with Crippen molar-refractivity contribution in [3.63, 3.8) is 0 Å². The number of carbonyl (C=O) groups excluding carboxylic acids is 1. The highest BCUT2D eigenvalue weighted by molar-refractivity contribution is 14.1. The van der Waals surface area contributed by atoms with Gasteiger partial charge >= 0.3 is 5.97 Å². The molecule has 1 heterocycles. The van der Waals surface area contributed by atoms with E-state index in [2.05, 4.69) is 10.6 Å². The summed E-state index contributed by atoms with van der Waals surface area (Å²) in [6, 6.07) is 5.08. The Kier molecular flexibility index (Phi) is 4.41. The molecule has 1 aliphatic heterocycles. The van der Waals surface area contributed by atoms with Crippen LogP contribution in [0.2, 0.25) is 0 Å². The molecule has 1 fully saturated rings. The lowest BCUT2D eigenvalue weighted by Crippen LogP contribution is -2.32. The van der Waals surface area contributed by atoms with Crippen LogP contribution < -0.4 is 10.6 Å². The Labute approximate surface area is 124 Å². The van der Waals surface area contributed by atoms with Gasteiger partial charge in [-0.2, -0.15) is 0 Å². The van der Waals surface area contributed by atoms with Gasteiger partial charge in [-0.1, -0.05) is 0 Å². The molecule has 0 bridgehead atoms. The van der Waals surface area contributed by atoms with Gasteiger partial charge in [0.15, 0.2) is 0 Å². The Morgan fingerprint density at radius 2 is 2.21 bits per heavy atom. The summed E-state index contributed by atoms with van der Waals surface area (Å²) in [4.78, 5) is 23.3. The van der Waals surface area contributed by atoms with Gasteiger partial charge < -0.3 is 15.7 Å². The van der Waals surface area contributed by atoms with Crippen LogP contribution in [0.3, 0.4) is 0 Å². The third-order valence-electron chi connectivity index (χ3n) is 3.33. The Bertz CT molecular complexity index is 519. The molecule has 5 nitrogen and oxygen atoms in total. The highest BCUT2D eigenvalue weighted by Gasteiger charge is 2.29. The molecule has 102 valence electrons. The zero-order valence-electron chi connectivity index (χ0n) is 10.4. The van der Waals surface area contributed by atoms with Crippen molar-refractivity contribution in [2.45, 2.75) is 19.4 Å². The van der Waals surface area contributed by atoms with Crippen LogP contribution in [-0.2, 0) is 4.79 Å². The van der Waals surface area contributed by atoms with Crippen LogP contribution in [0, 0.1) is 9.49 Å². The first-order valence-electron chi connectivity index (χ1n) is 6.06. The van der Waals surface area contributed by atoms with Gasteiger partial charge in [0, 0.05) is 9.61 Å². The number of amides is 1. The predicted octanol–water partition coefficient (Wildman–Crippen LogP) is 1.93. The van der Waals surface area contributed by atoms with Crippen LogP contribution in [0.5, 0.6) is 0 Å². The molecule has 19 heavy (non-hydrogen) atoms. The van der Waals surface area contributed by atoms with E-state index in [9.17, 15) is 9.59 Å². The summed E-state index contributed by atoms with van der Waals surface area (Å²) in [7, 11) is 0. The molecular formula is C13H15IN2O3. The summed E-state index contributed by atoms with van der Waals surface area (Å²) in [5.41, 5.74) is 0.482. The number of benzene rings is 1. The van der Waals surface area contributed by atoms with E-state index in [-0.39, 0.29) is 23.4 Å². The minimum Gasteiger partial charge on any atom is -0.478 e. The monoisotopic (exact) mass is 374 g/mol. The minimum atomic E-state index is -1.04. The molecular weight excluding hydrogens is 359 g/mol. The van der Waals surface area contributed by atoms with E-state index in [4.69, 9.17) is 5.11 Å². The average molecular weight is 374 g/mol. The highest BCUT2D eigenvalue weighted by Crippen LogP contribution is 2.22. The molecule has 2 unspecified atom stereocenters. The maximum atomic E-state index is 12.1. The Morgan fingerprint density at radius 1 is 1.47 bits per heavy atom. The zero-order valence-corrected chi connectivity index (χ0v) is 12.6. The molecule has 0 aromatic heterocycles. The number of hydrogen-bond donors (Lipinski definition) is 3. The van der Waals surface area contributed by atoms with Crippen LogP contribution in [-0.4, -0.2) is 29.6 Å². The van der Waals surface area contributed by atoms with E-state index < -0.39 is 5.97 Å². The third-order valence-corrected chi connectivity index (χ3v) is 4.00. The Morgan fingerprint density at radius 3 is 2.79 bits per heavy atom. The number of halogens is 1. The summed E-state index contributed by atoms with van der Waals surface area (Å²) < 4.78 is 0.823. The fraction of sp³-hybridized carbons (Fsp3) is 0.385. The topological polar surface area (TPSA) is 78.4 Å². The first-order valence-corrected chi connectivity index (χ1v) is 7.14. The van der Waals surface area contributed by atoms with Crippen LogP contribution in [0.15, 0.2) is 18.2 Å². The number of carboxylic acids is 1. The van der Waals surface area contributed by atoms with Gasteiger partial charge in [0.2, 0.25) is 5.91 Å². The van der Waals surface area contributed by atoms with Gasteiger partial charge in [-0.15, -0.1) is 0 Å². The second-order valence-corrected chi connectivity index (χ2v) is 5.87. The van der Waals surface area contributed by atoms with Crippen molar-refractivity contribution in [2.24, 2.45) is 5.92 Å². The molecule has 1 aliphatic rings. The van der Waals surface area contributed by atoms with Crippen LogP contribution >= 0.6 is 22.6 Å². The average Bonchev–Trinajstić information content (AvgIpc) is 2.77. The SMILES string of the molecule is CC1NCCC1C(=O)Nc1ccc(I)cc1C(=O)O. The second-order valence-electron chi connectivity index (χ2n) is 4.62. The van der Waals surface area contributed by atoms with E-state index in [1.54, 1.807) is 18.2 Å². The van der Waals surface area contributed by atoms with E-state index in [0.29, 0.717) is 5.69 Å². The molecule has 0 spiro atoms. The van der Waals surface area contributed by atoms with Crippen LogP contribution in [0.1, 0.15) is 23.7 Å². The van der Waals surface area contributed by atoms with Gasteiger partial charge in [-0.25, -0.2) is 4.79 Å². The smallest absolute Gasteiger partial charge is 0.337 e. The van der Waals surface area contributed by atoms with Gasteiger partial charge in [-0.3, -0.25) is 4.79 Å². The molecule has 2 atom stereocenters. The summed E-state index contributed by atoms with van der Waals surface area (Å²) in [6.45, 7) is 2.78. The van der Waals surface area contributed by atoms with Crippen LogP contribution in [0.25, 0.3) is 0 Å². The number of aromatic carboxylic acids is 1. The van der Waals surface area contributed by atoms with Crippen molar-refractivity contribution < 1.29 is 14.7 Å². The van der Waals surface area contributed by atoms with Crippen molar-refractivity contribution in [1.29, 1.82) is 0 Å². The minimum absolute atomic E-state index is 0.110.